The van der Waals surface area contributed by atoms with Gasteiger partial charge in [0.15, 0.2) is 0 Å². The highest BCUT2D eigenvalue weighted by atomic mass is 32.2. The van der Waals surface area contributed by atoms with Gasteiger partial charge in [-0.05, 0) is 55.0 Å². The minimum Gasteiger partial charge on any atom is -0.322 e. The lowest BCUT2D eigenvalue weighted by Crippen LogP contribution is -2.27. The van der Waals surface area contributed by atoms with Crippen molar-refractivity contribution in [3.63, 3.8) is 0 Å². The topological polar surface area (TPSA) is 66.5 Å². The Morgan fingerprint density at radius 3 is 2.36 bits per heavy atom. The molecular formula is C21H19FN2O3S. The zero-order valence-electron chi connectivity index (χ0n) is 15.4. The highest BCUT2D eigenvalue weighted by Crippen LogP contribution is 2.27. The fourth-order valence-corrected chi connectivity index (χ4v) is 4.01. The molecule has 144 valence electrons. The summed E-state index contributed by atoms with van der Waals surface area (Å²) in [4.78, 5) is 12.7. The van der Waals surface area contributed by atoms with Crippen LogP contribution in [-0.2, 0) is 10.0 Å². The van der Waals surface area contributed by atoms with Gasteiger partial charge >= 0.3 is 0 Å². The normalized spacial score (nSPS) is 11.1. The molecule has 3 rings (SSSR count). The maximum absolute atomic E-state index is 13.3. The number of carbonyl (C=O) groups is 1. The van der Waals surface area contributed by atoms with Gasteiger partial charge in [-0.15, -0.1) is 0 Å². The Morgan fingerprint density at radius 1 is 0.964 bits per heavy atom. The molecule has 0 saturated carbocycles. The van der Waals surface area contributed by atoms with Crippen molar-refractivity contribution in [3.05, 3.63) is 89.7 Å². The highest BCUT2D eigenvalue weighted by Gasteiger charge is 2.23. The fraction of sp³-hybridized carbons (Fsp3) is 0.0952. The molecule has 1 N–H and O–H groups in total. The van der Waals surface area contributed by atoms with Crippen LogP contribution in [0.2, 0.25) is 0 Å². The van der Waals surface area contributed by atoms with E-state index in [9.17, 15) is 17.6 Å². The van der Waals surface area contributed by atoms with Gasteiger partial charge in [0.1, 0.15) is 5.82 Å². The first-order valence-electron chi connectivity index (χ1n) is 8.50. The van der Waals surface area contributed by atoms with E-state index < -0.39 is 21.7 Å². The Kier molecular flexibility index (Phi) is 5.46. The Bertz CT molecular complexity index is 1120. The molecule has 0 spiro atoms. The molecule has 0 aromatic heterocycles. The number of nitrogens with one attached hydrogen (secondary N) is 1. The lowest BCUT2D eigenvalue weighted by Gasteiger charge is -2.22. The molecule has 28 heavy (non-hydrogen) atoms. The van der Waals surface area contributed by atoms with Crippen LogP contribution in [0.25, 0.3) is 0 Å². The molecule has 0 aliphatic rings. The van der Waals surface area contributed by atoms with Crippen LogP contribution in [0.5, 0.6) is 0 Å². The molecule has 0 aliphatic heterocycles. The van der Waals surface area contributed by atoms with Gasteiger partial charge in [-0.2, -0.15) is 0 Å². The second-order valence-corrected chi connectivity index (χ2v) is 8.22. The molecule has 0 saturated heterocycles. The third-order valence-electron chi connectivity index (χ3n) is 4.29. The van der Waals surface area contributed by atoms with Gasteiger partial charge in [0.2, 0.25) is 0 Å². The number of hydrogen-bond acceptors (Lipinski definition) is 3. The van der Waals surface area contributed by atoms with Crippen molar-refractivity contribution in [2.75, 3.05) is 16.7 Å². The zero-order chi connectivity index (χ0) is 20.3. The number of anilines is 2. The molecule has 7 heteroatoms. The first-order chi connectivity index (χ1) is 13.3. The maximum Gasteiger partial charge on any atom is 0.264 e. The van der Waals surface area contributed by atoms with Crippen LogP contribution < -0.4 is 9.62 Å². The van der Waals surface area contributed by atoms with Crippen molar-refractivity contribution in [2.24, 2.45) is 0 Å². The van der Waals surface area contributed by atoms with Crippen LogP contribution in [0.15, 0.2) is 77.7 Å². The number of rotatable bonds is 5. The van der Waals surface area contributed by atoms with Crippen LogP contribution >= 0.6 is 0 Å². The number of benzene rings is 3. The van der Waals surface area contributed by atoms with Crippen molar-refractivity contribution in [2.45, 2.75) is 11.8 Å². The summed E-state index contributed by atoms with van der Waals surface area (Å²) in [6.45, 7) is 1.76. The van der Waals surface area contributed by atoms with Gasteiger partial charge in [-0.25, -0.2) is 12.8 Å². The lowest BCUT2D eigenvalue weighted by molar-refractivity contribution is 0.102. The van der Waals surface area contributed by atoms with E-state index in [1.165, 1.54) is 43.4 Å². The quantitative estimate of drug-likeness (QED) is 0.700. The molecule has 0 atom stereocenters. The van der Waals surface area contributed by atoms with Gasteiger partial charge in [0.25, 0.3) is 15.9 Å². The summed E-state index contributed by atoms with van der Waals surface area (Å²) in [6, 6.07) is 18.4. The van der Waals surface area contributed by atoms with Gasteiger partial charge in [0, 0.05) is 18.3 Å². The Balaban J connectivity index is 1.92. The van der Waals surface area contributed by atoms with Gasteiger partial charge in [0.05, 0.1) is 10.6 Å². The van der Waals surface area contributed by atoms with Crippen LogP contribution in [0.1, 0.15) is 15.9 Å². The molecule has 5 nitrogen and oxygen atoms in total. The summed E-state index contributed by atoms with van der Waals surface area (Å²) in [6.07, 6.45) is 0. The van der Waals surface area contributed by atoms with Gasteiger partial charge < -0.3 is 5.32 Å². The molecule has 3 aromatic rings. The number of nitrogens with zero attached hydrogens (tertiary/aromatic N) is 1. The zero-order valence-corrected chi connectivity index (χ0v) is 16.2. The highest BCUT2D eigenvalue weighted by molar-refractivity contribution is 7.92. The van der Waals surface area contributed by atoms with Crippen LogP contribution in [-0.4, -0.2) is 21.4 Å². The minimum atomic E-state index is -3.77. The Labute approximate surface area is 163 Å². The number of carbonyl (C=O) groups excluding carboxylic acids is 1. The SMILES string of the molecule is Cc1ccc(C(=O)Nc2cccc(F)c2)cc1N(C)S(=O)(=O)c1ccccc1. The number of halogens is 1. The summed E-state index contributed by atoms with van der Waals surface area (Å²) < 4.78 is 40.2. The molecular weight excluding hydrogens is 379 g/mol. The van der Waals surface area contributed by atoms with Crippen molar-refractivity contribution >= 4 is 27.3 Å². The predicted molar refractivity (Wildman–Crippen MR) is 108 cm³/mol. The predicted octanol–water partition coefficient (Wildman–Crippen LogP) is 4.21. The first-order valence-corrected chi connectivity index (χ1v) is 9.94. The van der Waals surface area contributed by atoms with Crippen LogP contribution in [0.4, 0.5) is 15.8 Å². The smallest absolute Gasteiger partial charge is 0.264 e. The molecule has 0 aliphatic carbocycles. The number of sulfonamides is 1. The van der Waals surface area contributed by atoms with Crippen molar-refractivity contribution < 1.29 is 17.6 Å². The maximum atomic E-state index is 13.3. The second-order valence-electron chi connectivity index (χ2n) is 6.25. The third kappa shape index (κ3) is 4.04. The number of amides is 1. The summed E-state index contributed by atoms with van der Waals surface area (Å²) >= 11 is 0. The van der Waals surface area contributed by atoms with Gasteiger partial charge in [-0.3, -0.25) is 9.10 Å². The molecule has 3 aromatic carbocycles. The number of aryl methyl sites for hydroxylation is 1. The number of hydrogen-bond donors (Lipinski definition) is 1. The van der Waals surface area contributed by atoms with Crippen molar-refractivity contribution in [1.29, 1.82) is 0 Å². The summed E-state index contributed by atoms with van der Waals surface area (Å²) in [5.74, 6) is -0.923. The summed E-state index contributed by atoms with van der Waals surface area (Å²) in [7, 11) is -2.33. The Hall–Kier alpha value is -3.19. The molecule has 0 bridgehead atoms. The molecule has 0 heterocycles. The average molecular weight is 398 g/mol. The van der Waals surface area contributed by atoms with E-state index in [-0.39, 0.29) is 10.5 Å². The Morgan fingerprint density at radius 2 is 1.68 bits per heavy atom. The first kappa shape index (κ1) is 19.6. The van der Waals surface area contributed by atoms with E-state index in [0.717, 1.165) is 4.31 Å². The van der Waals surface area contributed by atoms with E-state index >= 15 is 0 Å². The monoisotopic (exact) mass is 398 g/mol. The van der Waals surface area contributed by atoms with E-state index in [1.54, 1.807) is 43.3 Å². The average Bonchev–Trinajstić information content (AvgIpc) is 2.68. The largest absolute Gasteiger partial charge is 0.322 e. The standard InChI is InChI=1S/C21H19FN2O3S/c1-15-11-12-16(21(25)23-18-8-6-7-17(22)14-18)13-20(15)24(2)28(26,27)19-9-4-3-5-10-19/h3-14H,1-2H3,(H,23,25). The van der Waals surface area contributed by atoms with E-state index in [4.69, 9.17) is 0 Å². The molecule has 0 unspecified atom stereocenters. The lowest BCUT2D eigenvalue weighted by atomic mass is 10.1. The van der Waals surface area contributed by atoms with E-state index in [1.807, 2.05) is 0 Å². The summed E-state index contributed by atoms with van der Waals surface area (Å²) in [5, 5.41) is 2.61. The van der Waals surface area contributed by atoms with E-state index in [0.29, 0.717) is 16.9 Å². The second kappa shape index (κ2) is 7.82. The summed E-state index contributed by atoms with van der Waals surface area (Å²) in [5.41, 5.74) is 1.66. The molecule has 0 fully saturated rings. The minimum absolute atomic E-state index is 0.159. The third-order valence-corrected chi connectivity index (χ3v) is 6.08. The van der Waals surface area contributed by atoms with E-state index in [2.05, 4.69) is 5.32 Å². The van der Waals surface area contributed by atoms with Crippen LogP contribution in [0.3, 0.4) is 0 Å². The fourth-order valence-electron chi connectivity index (χ4n) is 2.74. The van der Waals surface area contributed by atoms with Crippen molar-refractivity contribution in [3.8, 4) is 0 Å². The van der Waals surface area contributed by atoms with Gasteiger partial charge in [-0.1, -0.05) is 30.3 Å². The van der Waals surface area contributed by atoms with Crippen LogP contribution in [0, 0.1) is 12.7 Å². The molecule has 0 radical (unpaired) electrons. The molecule has 1 amide bonds. The van der Waals surface area contributed by atoms with Crippen molar-refractivity contribution in [1.82, 2.24) is 0 Å².